The Labute approximate surface area is 133 Å². The molecule has 0 aromatic heterocycles. The molecule has 1 aliphatic carbocycles. The summed E-state index contributed by atoms with van der Waals surface area (Å²) in [6, 6.07) is 7.60. The van der Waals surface area contributed by atoms with Gasteiger partial charge in [0.1, 0.15) is 0 Å². The fourth-order valence-electron chi connectivity index (χ4n) is 2.98. The lowest BCUT2D eigenvalue weighted by molar-refractivity contribution is -0.151. The number of carboxylic acids is 1. The van der Waals surface area contributed by atoms with Crippen molar-refractivity contribution in [2.75, 3.05) is 0 Å². The number of nitrogens with one attached hydrogen (secondary N) is 1. The molecular formula is C16H20BrNO3. The number of halogens is 1. The maximum Gasteiger partial charge on any atom is 0.310 e. The zero-order chi connectivity index (χ0) is 15.5. The SMILES string of the molecule is C[C@@H](NC(=O)CC1(C(=O)O)CCCC1)c1cccc(Br)c1. The summed E-state index contributed by atoms with van der Waals surface area (Å²) in [6.45, 7) is 1.90. The first-order valence-corrected chi connectivity index (χ1v) is 8.00. The quantitative estimate of drug-likeness (QED) is 0.848. The van der Waals surface area contributed by atoms with E-state index < -0.39 is 11.4 Å². The van der Waals surface area contributed by atoms with Gasteiger partial charge in [-0.2, -0.15) is 0 Å². The number of hydrogen-bond donors (Lipinski definition) is 2. The Kier molecular flexibility index (Phi) is 5.04. The van der Waals surface area contributed by atoms with Crippen molar-refractivity contribution in [3.05, 3.63) is 34.3 Å². The van der Waals surface area contributed by atoms with Crippen molar-refractivity contribution >= 4 is 27.8 Å². The van der Waals surface area contributed by atoms with Crippen LogP contribution >= 0.6 is 15.9 Å². The second kappa shape index (κ2) is 6.60. The maximum absolute atomic E-state index is 12.2. The molecule has 1 fully saturated rings. The molecule has 1 aromatic carbocycles. The molecule has 0 radical (unpaired) electrons. The number of carbonyl (C=O) groups is 2. The van der Waals surface area contributed by atoms with Crippen LogP contribution in [0.4, 0.5) is 0 Å². The normalized spacial score (nSPS) is 18.2. The molecule has 2 rings (SSSR count). The van der Waals surface area contributed by atoms with Crippen LogP contribution in [0.25, 0.3) is 0 Å². The molecule has 0 saturated heterocycles. The fraction of sp³-hybridized carbons (Fsp3) is 0.500. The molecule has 1 saturated carbocycles. The van der Waals surface area contributed by atoms with Crippen LogP contribution in [-0.2, 0) is 9.59 Å². The van der Waals surface area contributed by atoms with Gasteiger partial charge in [0.25, 0.3) is 0 Å². The number of rotatable bonds is 5. The number of carbonyl (C=O) groups excluding carboxylic acids is 1. The molecule has 5 heteroatoms. The van der Waals surface area contributed by atoms with Crippen LogP contribution in [0.15, 0.2) is 28.7 Å². The highest BCUT2D eigenvalue weighted by Gasteiger charge is 2.43. The van der Waals surface area contributed by atoms with Crippen molar-refractivity contribution < 1.29 is 14.7 Å². The van der Waals surface area contributed by atoms with Gasteiger partial charge in [0.2, 0.25) is 5.91 Å². The number of benzene rings is 1. The summed E-state index contributed by atoms with van der Waals surface area (Å²) in [5, 5.41) is 12.3. The predicted octanol–water partition coefficient (Wildman–Crippen LogP) is 3.66. The molecule has 4 nitrogen and oxygen atoms in total. The highest BCUT2D eigenvalue weighted by molar-refractivity contribution is 9.10. The number of hydrogen-bond acceptors (Lipinski definition) is 2. The van der Waals surface area contributed by atoms with E-state index >= 15 is 0 Å². The van der Waals surface area contributed by atoms with Gasteiger partial charge in [-0.05, 0) is 37.5 Å². The molecule has 1 aromatic rings. The van der Waals surface area contributed by atoms with Gasteiger partial charge in [-0.1, -0.05) is 40.9 Å². The predicted molar refractivity (Wildman–Crippen MR) is 83.9 cm³/mol. The highest BCUT2D eigenvalue weighted by Crippen LogP contribution is 2.41. The van der Waals surface area contributed by atoms with Gasteiger partial charge < -0.3 is 10.4 Å². The first-order valence-electron chi connectivity index (χ1n) is 7.21. The topological polar surface area (TPSA) is 66.4 Å². The summed E-state index contributed by atoms with van der Waals surface area (Å²) in [5.74, 6) is -1.03. The van der Waals surface area contributed by atoms with Crippen molar-refractivity contribution in [1.29, 1.82) is 0 Å². The lowest BCUT2D eigenvalue weighted by Crippen LogP contribution is -2.36. The number of aliphatic carboxylic acids is 1. The Hall–Kier alpha value is -1.36. The van der Waals surface area contributed by atoms with Crippen molar-refractivity contribution in [1.82, 2.24) is 5.32 Å². The lowest BCUT2D eigenvalue weighted by Gasteiger charge is -2.24. The van der Waals surface area contributed by atoms with Gasteiger partial charge in [0.15, 0.2) is 0 Å². The molecule has 1 aliphatic rings. The minimum Gasteiger partial charge on any atom is -0.481 e. The van der Waals surface area contributed by atoms with Crippen LogP contribution in [-0.4, -0.2) is 17.0 Å². The van der Waals surface area contributed by atoms with Crippen molar-refractivity contribution in [2.24, 2.45) is 5.41 Å². The third-order valence-corrected chi connectivity index (χ3v) is 4.73. The van der Waals surface area contributed by atoms with E-state index in [0.717, 1.165) is 22.9 Å². The average molecular weight is 354 g/mol. The molecule has 0 aliphatic heterocycles. The summed E-state index contributed by atoms with van der Waals surface area (Å²) in [7, 11) is 0. The summed E-state index contributed by atoms with van der Waals surface area (Å²) in [5.41, 5.74) is 0.134. The molecule has 1 amide bonds. The first kappa shape index (κ1) is 16.0. The van der Waals surface area contributed by atoms with Gasteiger partial charge in [-0.15, -0.1) is 0 Å². The Balaban J connectivity index is 1.99. The van der Waals surface area contributed by atoms with Gasteiger partial charge in [-0.25, -0.2) is 0 Å². The van der Waals surface area contributed by atoms with E-state index in [1.807, 2.05) is 31.2 Å². The van der Waals surface area contributed by atoms with Crippen LogP contribution in [0.1, 0.15) is 50.6 Å². The van der Waals surface area contributed by atoms with Crippen LogP contribution in [0, 0.1) is 5.41 Å². The summed E-state index contributed by atoms with van der Waals surface area (Å²) in [6.07, 6.45) is 3.05. The van der Waals surface area contributed by atoms with Crippen molar-refractivity contribution in [3.8, 4) is 0 Å². The van der Waals surface area contributed by atoms with Gasteiger partial charge in [-0.3, -0.25) is 9.59 Å². The zero-order valence-electron chi connectivity index (χ0n) is 12.1. The summed E-state index contributed by atoms with van der Waals surface area (Å²) < 4.78 is 0.957. The van der Waals surface area contributed by atoms with Crippen LogP contribution in [0.2, 0.25) is 0 Å². The molecule has 0 heterocycles. The molecule has 0 unspecified atom stereocenters. The summed E-state index contributed by atoms with van der Waals surface area (Å²) in [4.78, 5) is 23.7. The van der Waals surface area contributed by atoms with Crippen molar-refractivity contribution in [2.45, 2.75) is 45.1 Å². The third kappa shape index (κ3) is 3.84. The smallest absolute Gasteiger partial charge is 0.310 e. The van der Waals surface area contributed by atoms with E-state index in [0.29, 0.717) is 12.8 Å². The van der Waals surface area contributed by atoms with E-state index in [9.17, 15) is 14.7 Å². The molecule has 0 bridgehead atoms. The molecular weight excluding hydrogens is 334 g/mol. The van der Waals surface area contributed by atoms with Gasteiger partial charge in [0.05, 0.1) is 11.5 Å². The fourth-order valence-corrected chi connectivity index (χ4v) is 3.39. The lowest BCUT2D eigenvalue weighted by atomic mass is 9.82. The minimum atomic E-state index is -0.860. The Morgan fingerprint density at radius 3 is 2.62 bits per heavy atom. The standard InChI is InChI=1S/C16H20BrNO3/c1-11(12-5-4-6-13(17)9-12)18-14(19)10-16(15(20)21)7-2-3-8-16/h4-6,9,11H,2-3,7-8,10H2,1H3,(H,18,19)(H,20,21)/t11-/m1/s1. The molecule has 21 heavy (non-hydrogen) atoms. The number of carboxylic acid groups (broad SMARTS) is 1. The molecule has 0 spiro atoms. The third-order valence-electron chi connectivity index (χ3n) is 4.24. The molecule has 2 N–H and O–H groups in total. The van der Waals surface area contributed by atoms with E-state index in [-0.39, 0.29) is 18.4 Å². The maximum atomic E-state index is 12.2. The second-order valence-corrected chi connectivity index (χ2v) is 6.73. The average Bonchev–Trinajstić information content (AvgIpc) is 2.88. The zero-order valence-corrected chi connectivity index (χ0v) is 13.6. The van der Waals surface area contributed by atoms with Crippen LogP contribution in [0.3, 0.4) is 0 Å². The van der Waals surface area contributed by atoms with E-state index in [1.165, 1.54) is 0 Å². The largest absolute Gasteiger partial charge is 0.481 e. The monoisotopic (exact) mass is 353 g/mol. The number of amides is 1. The Bertz CT molecular complexity index is 538. The van der Waals surface area contributed by atoms with Crippen molar-refractivity contribution in [3.63, 3.8) is 0 Å². The second-order valence-electron chi connectivity index (χ2n) is 5.81. The highest BCUT2D eigenvalue weighted by atomic mass is 79.9. The first-order chi connectivity index (χ1) is 9.93. The van der Waals surface area contributed by atoms with Crippen LogP contribution < -0.4 is 5.32 Å². The Morgan fingerprint density at radius 2 is 2.05 bits per heavy atom. The van der Waals surface area contributed by atoms with E-state index in [2.05, 4.69) is 21.2 Å². The van der Waals surface area contributed by atoms with Gasteiger partial charge >= 0.3 is 5.97 Å². The molecule has 114 valence electrons. The minimum absolute atomic E-state index is 0.0701. The molecule has 1 atom stereocenters. The van der Waals surface area contributed by atoms with E-state index in [4.69, 9.17) is 0 Å². The summed E-state index contributed by atoms with van der Waals surface area (Å²) >= 11 is 3.40. The van der Waals surface area contributed by atoms with Crippen LogP contribution in [0.5, 0.6) is 0 Å². The van der Waals surface area contributed by atoms with E-state index in [1.54, 1.807) is 0 Å². The Morgan fingerprint density at radius 1 is 1.38 bits per heavy atom. The van der Waals surface area contributed by atoms with Gasteiger partial charge in [0, 0.05) is 10.9 Å².